The fourth-order valence-electron chi connectivity index (χ4n) is 7.45. The maximum absolute atomic E-state index is 12.5. The molecule has 184 valence electrons. The molecule has 0 radical (unpaired) electrons. The van der Waals surface area contributed by atoms with Crippen LogP contribution in [0.25, 0.3) is 0 Å². The molecule has 4 aliphatic carbocycles. The van der Waals surface area contributed by atoms with E-state index in [1.165, 1.54) is 5.57 Å². The molecule has 0 amide bonds. The fraction of sp³-hybridized carbons (Fsp3) is 0.815. The molecule has 0 N–H and O–H groups in total. The second-order valence-corrected chi connectivity index (χ2v) is 11.4. The van der Waals surface area contributed by atoms with Gasteiger partial charge < -0.3 is 14.2 Å². The summed E-state index contributed by atoms with van der Waals surface area (Å²) in [5, 5.41) is 0. The van der Waals surface area contributed by atoms with Crippen LogP contribution in [0.3, 0.4) is 0 Å². The van der Waals surface area contributed by atoms with Crippen molar-refractivity contribution < 1.29 is 28.6 Å². The minimum absolute atomic E-state index is 0.0567. The smallest absolute Gasteiger partial charge is 0.430 e. The van der Waals surface area contributed by atoms with Crippen LogP contribution in [0.2, 0.25) is 0 Å². The Hall–Kier alpha value is -1.85. The third kappa shape index (κ3) is 4.35. The molecule has 4 aliphatic rings. The average Bonchev–Trinajstić information content (AvgIpc) is 3.09. The second-order valence-electron chi connectivity index (χ2n) is 11.4. The lowest BCUT2D eigenvalue weighted by molar-refractivity contribution is -0.175. The molecule has 3 fully saturated rings. The van der Waals surface area contributed by atoms with Gasteiger partial charge in [-0.1, -0.05) is 33.3 Å². The predicted octanol–water partition coefficient (Wildman–Crippen LogP) is 5.98. The van der Waals surface area contributed by atoms with Crippen molar-refractivity contribution in [2.45, 2.75) is 105 Å². The molecule has 3 saturated carbocycles. The van der Waals surface area contributed by atoms with Gasteiger partial charge in [0.25, 0.3) is 0 Å². The Morgan fingerprint density at radius 2 is 1.79 bits per heavy atom. The molecular weight excluding hydrogens is 420 g/mol. The Bertz CT molecular complexity index is 832. The van der Waals surface area contributed by atoms with Gasteiger partial charge in [-0.15, -0.1) is 0 Å². The molecule has 0 aliphatic heterocycles. The van der Waals surface area contributed by atoms with Crippen molar-refractivity contribution in [3.05, 3.63) is 11.6 Å². The first-order chi connectivity index (χ1) is 15.6. The van der Waals surface area contributed by atoms with Crippen molar-refractivity contribution in [2.75, 3.05) is 0 Å². The van der Waals surface area contributed by atoms with E-state index in [2.05, 4.69) is 13.8 Å². The van der Waals surface area contributed by atoms with Crippen molar-refractivity contribution in [3.63, 3.8) is 0 Å². The van der Waals surface area contributed by atoms with Gasteiger partial charge in [-0.05, 0) is 80.6 Å². The first kappa shape index (κ1) is 24.3. The Balaban J connectivity index is 1.39. The van der Waals surface area contributed by atoms with E-state index in [0.29, 0.717) is 36.4 Å². The largest absolute Gasteiger partial charge is 0.511 e. The predicted molar refractivity (Wildman–Crippen MR) is 123 cm³/mol. The molecule has 4 rings (SSSR count). The second kappa shape index (κ2) is 9.07. The number of ether oxygens (including phenoxy) is 3. The molecule has 0 aromatic heterocycles. The Morgan fingerprint density at radius 1 is 1.03 bits per heavy atom. The number of allylic oxidation sites excluding steroid dienone is 1. The number of hydrogen-bond acceptors (Lipinski definition) is 6. The van der Waals surface area contributed by atoms with Gasteiger partial charge in [-0.25, -0.2) is 4.79 Å². The lowest BCUT2D eigenvalue weighted by atomic mass is 9.47. The fourth-order valence-corrected chi connectivity index (χ4v) is 7.45. The summed E-state index contributed by atoms with van der Waals surface area (Å²) in [4.78, 5) is 36.5. The van der Waals surface area contributed by atoms with E-state index in [4.69, 9.17) is 14.2 Å². The van der Waals surface area contributed by atoms with Crippen LogP contribution in [0.4, 0.5) is 4.79 Å². The van der Waals surface area contributed by atoms with Crippen molar-refractivity contribution in [3.8, 4) is 0 Å². The van der Waals surface area contributed by atoms with Gasteiger partial charge >= 0.3 is 12.1 Å². The lowest BCUT2D eigenvalue weighted by Gasteiger charge is -2.57. The summed E-state index contributed by atoms with van der Waals surface area (Å²) in [6.07, 6.45) is 8.55. The monoisotopic (exact) mass is 460 g/mol. The van der Waals surface area contributed by atoms with Gasteiger partial charge in [0.15, 0.2) is 5.78 Å². The molecule has 8 atom stereocenters. The van der Waals surface area contributed by atoms with E-state index in [9.17, 15) is 14.4 Å². The van der Waals surface area contributed by atoms with Crippen LogP contribution >= 0.6 is 0 Å². The highest BCUT2D eigenvalue weighted by Crippen LogP contribution is 2.65. The summed E-state index contributed by atoms with van der Waals surface area (Å²) in [6, 6.07) is 0. The van der Waals surface area contributed by atoms with Gasteiger partial charge in [0.2, 0.25) is 6.29 Å². The number of esters is 1. The minimum atomic E-state index is -0.961. The lowest BCUT2D eigenvalue weighted by Crippen LogP contribution is -2.51. The summed E-state index contributed by atoms with van der Waals surface area (Å²) in [5.74, 6) is 1.43. The Kier molecular flexibility index (Phi) is 6.67. The first-order valence-corrected chi connectivity index (χ1v) is 12.9. The number of carbonyl (C=O) groups excluding carboxylic acids is 3. The molecule has 33 heavy (non-hydrogen) atoms. The van der Waals surface area contributed by atoms with Gasteiger partial charge in [-0.2, -0.15) is 0 Å². The summed E-state index contributed by atoms with van der Waals surface area (Å²) in [5.41, 5.74) is 1.46. The number of hydrogen-bond donors (Lipinski definition) is 0. The van der Waals surface area contributed by atoms with E-state index in [1.54, 1.807) is 13.8 Å². The van der Waals surface area contributed by atoms with Crippen LogP contribution < -0.4 is 0 Å². The third-order valence-corrected chi connectivity index (χ3v) is 9.67. The summed E-state index contributed by atoms with van der Waals surface area (Å²) in [7, 11) is 0. The maximum atomic E-state index is 12.5. The summed E-state index contributed by atoms with van der Waals surface area (Å²) in [6.45, 7) is 9.92. The molecule has 2 unspecified atom stereocenters. The summed E-state index contributed by atoms with van der Waals surface area (Å²) < 4.78 is 16.3. The van der Waals surface area contributed by atoms with E-state index < -0.39 is 12.4 Å². The quantitative estimate of drug-likeness (QED) is 0.371. The molecule has 0 saturated heterocycles. The van der Waals surface area contributed by atoms with E-state index in [1.807, 2.05) is 13.0 Å². The number of fused-ring (bicyclic) bond motifs is 5. The first-order valence-electron chi connectivity index (χ1n) is 12.9. The van der Waals surface area contributed by atoms with Gasteiger partial charge in [0.1, 0.15) is 6.10 Å². The maximum Gasteiger partial charge on any atom is 0.511 e. The van der Waals surface area contributed by atoms with Crippen LogP contribution in [0.15, 0.2) is 11.6 Å². The van der Waals surface area contributed by atoms with Crippen LogP contribution in [0.1, 0.15) is 92.4 Å². The molecular formula is C27H40O6. The molecule has 0 spiro atoms. The molecule has 0 aromatic carbocycles. The van der Waals surface area contributed by atoms with E-state index >= 15 is 0 Å². The van der Waals surface area contributed by atoms with Gasteiger partial charge in [0.05, 0.1) is 5.92 Å². The van der Waals surface area contributed by atoms with Gasteiger partial charge in [0, 0.05) is 18.8 Å². The van der Waals surface area contributed by atoms with Crippen molar-refractivity contribution >= 4 is 17.9 Å². The highest BCUT2D eigenvalue weighted by Gasteiger charge is 2.60. The number of rotatable bonds is 5. The average molecular weight is 461 g/mol. The Morgan fingerprint density at radius 3 is 2.52 bits per heavy atom. The minimum Gasteiger partial charge on any atom is -0.430 e. The number of ketones is 1. The molecule has 0 bridgehead atoms. The van der Waals surface area contributed by atoms with Crippen LogP contribution in [0, 0.1) is 34.5 Å². The normalized spacial score (nSPS) is 39.3. The zero-order chi connectivity index (χ0) is 24.0. The molecule has 6 heteroatoms. The van der Waals surface area contributed by atoms with Crippen LogP contribution in [-0.2, 0) is 23.8 Å². The highest BCUT2D eigenvalue weighted by atomic mass is 16.8. The number of carbonyl (C=O) groups is 3. The van der Waals surface area contributed by atoms with Crippen molar-refractivity contribution in [1.82, 2.24) is 0 Å². The topological polar surface area (TPSA) is 78.9 Å². The zero-order valence-corrected chi connectivity index (χ0v) is 20.9. The van der Waals surface area contributed by atoms with Crippen molar-refractivity contribution in [2.24, 2.45) is 34.5 Å². The summed E-state index contributed by atoms with van der Waals surface area (Å²) >= 11 is 0. The third-order valence-electron chi connectivity index (χ3n) is 9.67. The van der Waals surface area contributed by atoms with Crippen molar-refractivity contribution in [1.29, 1.82) is 0 Å². The standard InChI is InChI=1S/C27H40O6/c1-6-16(2)24(29)31-17(3)32-25(30)33-23-10-9-21-20-8-7-18-15-19(28)11-13-26(18,4)22(20)12-14-27(21,23)5/h15-17,20-23H,6-14H2,1-5H3/t16?,17?,20-,21-,22-,23-,26-,27-/m0/s1. The molecule has 6 nitrogen and oxygen atoms in total. The van der Waals surface area contributed by atoms with Crippen LogP contribution in [-0.4, -0.2) is 30.3 Å². The van der Waals surface area contributed by atoms with E-state index in [0.717, 1.165) is 44.9 Å². The Labute approximate surface area is 197 Å². The zero-order valence-electron chi connectivity index (χ0n) is 20.9. The molecule has 0 aromatic rings. The van der Waals surface area contributed by atoms with E-state index in [-0.39, 0.29) is 28.8 Å². The highest BCUT2D eigenvalue weighted by molar-refractivity contribution is 5.91. The van der Waals surface area contributed by atoms with Gasteiger partial charge in [-0.3, -0.25) is 9.59 Å². The SMILES string of the molecule is CCC(C)C(=O)OC(C)OC(=O)O[C@H]1CC[C@H]2[C@@H]3CCC4=CC(=O)CC[C@]4(C)[C@H]3CC[C@]12C. The van der Waals surface area contributed by atoms with Crippen LogP contribution in [0.5, 0.6) is 0 Å². The molecule has 0 heterocycles.